The molecule has 0 amide bonds. The molecule has 1 heterocycles. The summed E-state index contributed by atoms with van der Waals surface area (Å²) in [4.78, 5) is 3.76. The van der Waals surface area contributed by atoms with E-state index < -0.39 is 11.6 Å². The zero-order valence-electron chi connectivity index (χ0n) is 11.0. The Balaban J connectivity index is 2.25. The predicted octanol–water partition coefficient (Wildman–Crippen LogP) is 2.82. The normalized spacial score (nSPS) is 30.1. The summed E-state index contributed by atoms with van der Waals surface area (Å²) in [7, 11) is 1.68. The van der Waals surface area contributed by atoms with Crippen molar-refractivity contribution in [3.05, 3.63) is 29.8 Å². The van der Waals surface area contributed by atoms with Gasteiger partial charge in [0, 0.05) is 18.9 Å². The van der Waals surface area contributed by atoms with Gasteiger partial charge in [-0.2, -0.15) is 0 Å². The first kappa shape index (κ1) is 13.4. The molecule has 0 radical (unpaired) electrons. The third-order valence-electron chi connectivity index (χ3n) is 4.23. The molecule has 1 unspecified atom stereocenters. The van der Waals surface area contributed by atoms with Crippen LogP contribution in [0.5, 0.6) is 0 Å². The third kappa shape index (κ3) is 2.40. The Kier molecular flexibility index (Phi) is 3.97. The summed E-state index contributed by atoms with van der Waals surface area (Å²) in [5.41, 5.74) is 6.33. The highest BCUT2D eigenvalue weighted by Gasteiger charge is 2.41. The minimum atomic E-state index is -0.436. The SMILES string of the molecule is COC1(C(N)c2ccncc2F)CCC(C)CC1. The standard InChI is InChI=1S/C14H21FN2O/c1-10-3-6-14(18-2,7-4-10)13(16)11-5-8-17-9-12(11)15/h5,8-10,13H,3-4,6-7,16H2,1-2H3. The third-order valence-corrected chi connectivity index (χ3v) is 4.23. The van der Waals surface area contributed by atoms with E-state index >= 15 is 0 Å². The Morgan fingerprint density at radius 1 is 1.50 bits per heavy atom. The molecule has 0 spiro atoms. The Morgan fingerprint density at radius 2 is 2.17 bits per heavy atom. The van der Waals surface area contributed by atoms with Gasteiger partial charge in [0.2, 0.25) is 0 Å². The summed E-state index contributed by atoms with van der Waals surface area (Å²) in [5.74, 6) is 0.350. The molecule has 3 nitrogen and oxygen atoms in total. The van der Waals surface area contributed by atoms with Gasteiger partial charge >= 0.3 is 0 Å². The summed E-state index contributed by atoms with van der Waals surface area (Å²) in [5, 5.41) is 0. The first-order valence-electron chi connectivity index (χ1n) is 6.49. The number of nitrogens with two attached hydrogens (primary N) is 1. The second kappa shape index (κ2) is 5.33. The van der Waals surface area contributed by atoms with Crippen LogP contribution in [0.1, 0.15) is 44.2 Å². The zero-order valence-corrected chi connectivity index (χ0v) is 11.0. The molecule has 1 aromatic heterocycles. The van der Waals surface area contributed by atoms with E-state index in [1.54, 1.807) is 19.4 Å². The summed E-state index contributed by atoms with van der Waals surface area (Å²) in [6, 6.07) is 1.22. The van der Waals surface area contributed by atoms with Crippen LogP contribution in [0.4, 0.5) is 4.39 Å². The zero-order chi connectivity index (χ0) is 13.2. The van der Waals surface area contributed by atoms with Crippen molar-refractivity contribution < 1.29 is 9.13 Å². The summed E-state index contributed by atoms with van der Waals surface area (Å²) < 4.78 is 19.5. The Morgan fingerprint density at radius 3 is 2.72 bits per heavy atom. The van der Waals surface area contributed by atoms with Crippen LogP contribution in [0.25, 0.3) is 0 Å². The Bertz CT molecular complexity index is 403. The van der Waals surface area contributed by atoms with Gasteiger partial charge in [-0.3, -0.25) is 4.98 Å². The Labute approximate surface area is 108 Å². The van der Waals surface area contributed by atoms with Crippen molar-refractivity contribution in [2.45, 2.75) is 44.2 Å². The number of methoxy groups -OCH3 is 1. The Hall–Kier alpha value is -1.00. The fraction of sp³-hybridized carbons (Fsp3) is 0.643. The second-order valence-electron chi connectivity index (χ2n) is 5.33. The summed E-state index contributed by atoms with van der Waals surface area (Å²) in [6.07, 6.45) is 6.71. The molecule has 0 saturated heterocycles. The van der Waals surface area contributed by atoms with E-state index in [1.807, 2.05) is 0 Å². The van der Waals surface area contributed by atoms with E-state index in [-0.39, 0.29) is 5.82 Å². The van der Waals surface area contributed by atoms with Crippen LogP contribution in [0.3, 0.4) is 0 Å². The smallest absolute Gasteiger partial charge is 0.146 e. The van der Waals surface area contributed by atoms with Gasteiger partial charge in [-0.25, -0.2) is 4.39 Å². The lowest BCUT2D eigenvalue weighted by Gasteiger charge is -2.42. The van der Waals surface area contributed by atoms with Crippen molar-refractivity contribution in [3.63, 3.8) is 0 Å². The lowest BCUT2D eigenvalue weighted by molar-refractivity contribution is -0.0678. The van der Waals surface area contributed by atoms with Crippen molar-refractivity contribution in [2.24, 2.45) is 11.7 Å². The molecular weight excluding hydrogens is 231 g/mol. The van der Waals surface area contributed by atoms with Crippen LogP contribution >= 0.6 is 0 Å². The number of pyridine rings is 1. The molecule has 1 saturated carbocycles. The topological polar surface area (TPSA) is 48.1 Å². The highest BCUT2D eigenvalue weighted by Crippen LogP contribution is 2.42. The molecular formula is C14H21FN2O. The molecule has 2 rings (SSSR count). The number of ether oxygens (including phenoxy) is 1. The molecule has 4 heteroatoms. The van der Waals surface area contributed by atoms with Crippen molar-refractivity contribution in [1.29, 1.82) is 0 Å². The van der Waals surface area contributed by atoms with Gasteiger partial charge in [-0.1, -0.05) is 6.92 Å². The monoisotopic (exact) mass is 252 g/mol. The molecule has 1 aliphatic rings. The molecule has 0 aromatic carbocycles. The van der Waals surface area contributed by atoms with Crippen molar-refractivity contribution in [2.75, 3.05) is 7.11 Å². The van der Waals surface area contributed by atoms with Crippen molar-refractivity contribution >= 4 is 0 Å². The fourth-order valence-corrected chi connectivity index (χ4v) is 2.81. The molecule has 1 aliphatic carbocycles. The van der Waals surface area contributed by atoms with Crippen LogP contribution in [0.2, 0.25) is 0 Å². The van der Waals surface area contributed by atoms with Gasteiger partial charge in [-0.15, -0.1) is 0 Å². The van der Waals surface area contributed by atoms with Gasteiger partial charge in [0.1, 0.15) is 5.82 Å². The average Bonchev–Trinajstić information content (AvgIpc) is 2.40. The van der Waals surface area contributed by atoms with Crippen LogP contribution in [-0.2, 0) is 4.74 Å². The highest BCUT2D eigenvalue weighted by molar-refractivity contribution is 5.21. The van der Waals surface area contributed by atoms with E-state index in [0.717, 1.165) is 25.7 Å². The molecule has 1 atom stereocenters. The van der Waals surface area contributed by atoms with E-state index in [2.05, 4.69) is 11.9 Å². The van der Waals surface area contributed by atoms with E-state index in [9.17, 15) is 4.39 Å². The van der Waals surface area contributed by atoms with E-state index in [1.165, 1.54) is 6.20 Å². The predicted molar refractivity (Wildman–Crippen MR) is 68.5 cm³/mol. The fourth-order valence-electron chi connectivity index (χ4n) is 2.81. The van der Waals surface area contributed by atoms with Crippen LogP contribution in [0.15, 0.2) is 18.5 Å². The maximum absolute atomic E-state index is 13.8. The first-order chi connectivity index (χ1) is 8.59. The first-order valence-corrected chi connectivity index (χ1v) is 6.49. The number of aromatic nitrogens is 1. The second-order valence-corrected chi connectivity index (χ2v) is 5.33. The summed E-state index contributed by atoms with van der Waals surface area (Å²) in [6.45, 7) is 2.23. The molecule has 18 heavy (non-hydrogen) atoms. The average molecular weight is 252 g/mol. The molecule has 1 fully saturated rings. The number of hydrogen-bond donors (Lipinski definition) is 1. The number of hydrogen-bond acceptors (Lipinski definition) is 3. The van der Waals surface area contributed by atoms with Gasteiger partial charge < -0.3 is 10.5 Å². The van der Waals surface area contributed by atoms with E-state index in [0.29, 0.717) is 11.5 Å². The lowest BCUT2D eigenvalue weighted by atomic mass is 9.74. The van der Waals surface area contributed by atoms with Crippen molar-refractivity contribution in [1.82, 2.24) is 4.98 Å². The summed E-state index contributed by atoms with van der Waals surface area (Å²) >= 11 is 0. The van der Waals surface area contributed by atoms with Crippen LogP contribution < -0.4 is 5.73 Å². The quantitative estimate of drug-likeness (QED) is 0.899. The molecule has 1 aromatic rings. The molecule has 100 valence electrons. The van der Waals surface area contributed by atoms with Crippen LogP contribution in [0, 0.1) is 11.7 Å². The van der Waals surface area contributed by atoms with Gasteiger partial charge in [0.25, 0.3) is 0 Å². The van der Waals surface area contributed by atoms with Gasteiger partial charge in [0.05, 0.1) is 17.8 Å². The number of nitrogens with zero attached hydrogens (tertiary/aromatic N) is 1. The molecule has 2 N–H and O–H groups in total. The van der Waals surface area contributed by atoms with Crippen LogP contribution in [-0.4, -0.2) is 17.7 Å². The highest BCUT2D eigenvalue weighted by atomic mass is 19.1. The maximum Gasteiger partial charge on any atom is 0.146 e. The molecule has 0 aliphatic heterocycles. The number of halogens is 1. The van der Waals surface area contributed by atoms with E-state index in [4.69, 9.17) is 10.5 Å². The minimum Gasteiger partial charge on any atom is -0.376 e. The van der Waals surface area contributed by atoms with Crippen molar-refractivity contribution in [3.8, 4) is 0 Å². The number of rotatable bonds is 3. The molecule has 0 bridgehead atoms. The van der Waals surface area contributed by atoms with Gasteiger partial charge in [0.15, 0.2) is 0 Å². The lowest BCUT2D eigenvalue weighted by Crippen LogP contribution is -2.46. The minimum absolute atomic E-state index is 0.347. The van der Waals surface area contributed by atoms with Gasteiger partial charge in [-0.05, 0) is 37.7 Å². The maximum atomic E-state index is 13.8. The largest absolute Gasteiger partial charge is 0.376 e.